The number of hydrogen-bond acceptors (Lipinski definition) is 2. The minimum absolute atomic E-state index is 0.0685. The highest BCUT2D eigenvalue weighted by atomic mass is 19.1. The second-order valence-electron chi connectivity index (χ2n) is 7.39. The number of halogens is 1. The van der Waals surface area contributed by atoms with Gasteiger partial charge in [-0.15, -0.1) is 0 Å². The highest BCUT2D eigenvalue weighted by Crippen LogP contribution is 2.36. The van der Waals surface area contributed by atoms with Crippen LogP contribution in [0.25, 0.3) is 0 Å². The molecular weight excluding hydrogens is 343 g/mol. The Bertz CT molecular complexity index is 859. The molecule has 27 heavy (non-hydrogen) atoms. The van der Waals surface area contributed by atoms with Crippen LogP contribution in [0.5, 0.6) is 0 Å². The quantitative estimate of drug-likeness (QED) is 0.867. The van der Waals surface area contributed by atoms with Crippen LogP contribution in [0, 0.1) is 11.7 Å². The van der Waals surface area contributed by atoms with Gasteiger partial charge in [0.05, 0.1) is 0 Å². The molecule has 1 heterocycles. The highest BCUT2D eigenvalue weighted by Gasteiger charge is 2.35. The Hall–Kier alpha value is -2.69. The van der Waals surface area contributed by atoms with E-state index in [1.807, 2.05) is 23.1 Å². The van der Waals surface area contributed by atoms with Gasteiger partial charge in [-0.25, -0.2) is 4.39 Å². The predicted octanol–water partition coefficient (Wildman–Crippen LogP) is 4.09. The Labute approximate surface area is 158 Å². The Balaban J connectivity index is 1.38. The molecule has 5 heteroatoms. The van der Waals surface area contributed by atoms with Gasteiger partial charge in [-0.3, -0.25) is 9.59 Å². The molecule has 0 unspecified atom stereocenters. The Morgan fingerprint density at radius 1 is 1.11 bits per heavy atom. The monoisotopic (exact) mass is 366 g/mol. The van der Waals surface area contributed by atoms with E-state index < -0.39 is 0 Å². The van der Waals surface area contributed by atoms with Gasteiger partial charge < -0.3 is 10.2 Å². The summed E-state index contributed by atoms with van der Waals surface area (Å²) < 4.78 is 12.9. The van der Waals surface area contributed by atoms with Crippen LogP contribution in [0.15, 0.2) is 42.5 Å². The standard InChI is InChI=1S/C22H23FN2O2/c23-18-8-3-15(4-9-18)5-12-21(26)24-19-10-11-20-17(14-19)2-1-13-25(20)22(27)16-6-7-16/h3-4,8-11,14,16H,1-2,5-7,12-13H2,(H,24,26). The van der Waals surface area contributed by atoms with Gasteiger partial charge in [0.1, 0.15) is 5.82 Å². The Kier molecular flexibility index (Phi) is 4.92. The number of hydrogen-bond donors (Lipinski definition) is 1. The number of anilines is 2. The van der Waals surface area contributed by atoms with Crippen LogP contribution in [0.3, 0.4) is 0 Å². The van der Waals surface area contributed by atoms with Crippen LogP contribution in [-0.4, -0.2) is 18.4 Å². The number of rotatable bonds is 5. The second kappa shape index (κ2) is 7.51. The van der Waals surface area contributed by atoms with E-state index in [0.29, 0.717) is 12.8 Å². The number of carbonyl (C=O) groups is 2. The summed E-state index contributed by atoms with van der Waals surface area (Å²) in [4.78, 5) is 26.6. The van der Waals surface area contributed by atoms with Crippen LogP contribution in [0.2, 0.25) is 0 Å². The van der Waals surface area contributed by atoms with Gasteiger partial charge in [0.25, 0.3) is 0 Å². The molecule has 140 valence electrons. The molecule has 0 spiro atoms. The lowest BCUT2D eigenvalue weighted by Gasteiger charge is -2.30. The number of nitrogens with one attached hydrogen (secondary N) is 1. The van der Waals surface area contributed by atoms with E-state index in [9.17, 15) is 14.0 Å². The zero-order chi connectivity index (χ0) is 18.8. The number of carbonyl (C=O) groups excluding carboxylic acids is 2. The van der Waals surface area contributed by atoms with Crippen molar-refractivity contribution in [1.29, 1.82) is 0 Å². The van der Waals surface area contributed by atoms with Crippen LogP contribution in [-0.2, 0) is 22.4 Å². The molecule has 0 aromatic heterocycles. The molecule has 4 nitrogen and oxygen atoms in total. The lowest BCUT2D eigenvalue weighted by molar-refractivity contribution is -0.120. The van der Waals surface area contributed by atoms with Crippen molar-refractivity contribution in [3.63, 3.8) is 0 Å². The highest BCUT2D eigenvalue weighted by molar-refractivity contribution is 5.98. The largest absolute Gasteiger partial charge is 0.326 e. The van der Waals surface area contributed by atoms with Gasteiger partial charge in [0, 0.05) is 30.3 Å². The summed E-state index contributed by atoms with van der Waals surface area (Å²) in [6, 6.07) is 12.0. The number of fused-ring (bicyclic) bond motifs is 1. The van der Waals surface area contributed by atoms with E-state index in [0.717, 1.165) is 54.7 Å². The van der Waals surface area contributed by atoms with Crippen molar-refractivity contribution in [1.82, 2.24) is 0 Å². The van der Waals surface area contributed by atoms with Crippen molar-refractivity contribution < 1.29 is 14.0 Å². The van der Waals surface area contributed by atoms with E-state index in [-0.39, 0.29) is 23.5 Å². The summed E-state index contributed by atoms with van der Waals surface area (Å²) >= 11 is 0. The number of aryl methyl sites for hydroxylation is 2. The Morgan fingerprint density at radius 2 is 1.89 bits per heavy atom. The molecule has 1 saturated carbocycles. The molecule has 4 rings (SSSR count). The number of benzene rings is 2. The fraction of sp³-hybridized carbons (Fsp3) is 0.364. The molecule has 2 amide bonds. The minimum Gasteiger partial charge on any atom is -0.326 e. The molecule has 2 aliphatic rings. The minimum atomic E-state index is -0.272. The third kappa shape index (κ3) is 4.18. The summed E-state index contributed by atoms with van der Waals surface area (Å²) in [6.45, 7) is 0.783. The zero-order valence-electron chi connectivity index (χ0n) is 15.2. The van der Waals surface area contributed by atoms with E-state index in [1.54, 1.807) is 12.1 Å². The van der Waals surface area contributed by atoms with Gasteiger partial charge in [0.15, 0.2) is 0 Å². The first kappa shape index (κ1) is 17.7. The van der Waals surface area contributed by atoms with Gasteiger partial charge in [-0.1, -0.05) is 12.1 Å². The first-order valence-corrected chi connectivity index (χ1v) is 9.59. The molecular formula is C22H23FN2O2. The van der Waals surface area contributed by atoms with Crippen molar-refractivity contribution in [2.24, 2.45) is 5.92 Å². The number of nitrogens with zero attached hydrogens (tertiary/aromatic N) is 1. The van der Waals surface area contributed by atoms with E-state index in [2.05, 4.69) is 5.32 Å². The molecule has 0 saturated heterocycles. The third-order valence-corrected chi connectivity index (χ3v) is 5.23. The second-order valence-corrected chi connectivity index (χ2v) is 7.39. The Morgan fingerprint density at radius 3 is 2.63 bits per heavy atom. The first-order chi connectivity index (χ1) is 13.1. The predicted molar refractivity (Wildman–Crippen MR) is 103 cm³/mol. The molecule has 1 fully saturated rings. The lowest BCUT2D eigenvalue weighted by Crippen LogP contribution is -2.36. The van der Waals surface area contributed by atoms with E-state index in [4.69, 9.17) is 0 Å². The molecule has 0 atom stereocenters. The summed E-state index contributed by atoms with van der Waals surface area (Å²) in [5.41, 5.74) is 3.80. The van der Waals surface area contributed by atoms with E-state index in [1.165, 1.54) is 12.1 Å². The van der Waals surface area contributed by atoms with Crippen LogP contribution >= 0.6 is 0 Å². The molecule has 0 bridgehead atoms. The van der Waals surface area contributed by atoms with Crippen molar-refractivity contribution in [2.75, 3.05) is 16.8 Å². The van der Waals surface area contributed by atoms with Crippen molar-refractivity contribution in [3.8, 4) is 0 Å². The summed E-state index contributed by atoms with van der Waals surface area (Å²) in [7, 11) is 0. The molecule has 0 radical (unpaired) electrons. The fourth-order valence-electron chi connectivity index (χ4n) is 3.59. The maximum Gasteiger partial charge on any atom is 0.230 e. The maximum absolute atomic E-state index is 12.9. The van der Waals surface area contributed by atoms with Crippen molar-refractivity contribution in [3.05, 3.63) is 59.4 Å². The fourth-order valence-corrected chi connectivity index (χ4v) is 3.59. The van der Waals surface area contributed by atoms with Gasteiger partial charge in [-0.05, 0) is 73.6 Å². The normalized spacial score (nSPS) is 16.0. The summed E-state index contributed by atoms with van der Waals surface area (Å²) in [6.07, 6.45) is 4.80. The van der Waals surface area contributed by atoms with Crippen LogP contribution < -0.4 is 10.2 Å². The molecule has 1 aliphatic heterocycles. The first-order valence-electron chi connectivity index (χ1n) is 9.59. The van der Waals surface area contributed by atoms with Crippen molar-refractivity contribution in [2.45, 2.75) is 38.5 Å². The van der Waals surface area contributed by atoms with E-state index >= 15 is 0 Å². The molecule has 2 aromatic carbocycles. The average Bonchev–Trinajstić information content (AvgIpc) is 3.51. The SMILES string of the molecule is O=C(CCc1ccc(F)cc1)Nc1ccc2c(c1)CCCN2C(=O)C1CC1. The van der Waals surface area contributed by atoms with Crippen molar-refractivity contribution >= 4 is 23.2 Å². The number of amides is 2. The smallest absolute Gasteiger partial charge is 0.230 e. The van der Waals surface area contributed by atoms with Crippen LogP contribution in [0.4, 0.5) is 15.8 Å². The maximum atomic E-state index is 12.9. The topological polar surface area (TPSA) is 49.4 Å². The summed E-state index contributed by atoms with van der Waals surface area (Å²) in [5, 5.41) is 2.94. The van der Waals surface area contributed by atoms with Gasteiger partial charge in [-0.2, -0.15) is 0 Å². The van der Waals surface area contributed by atoms with Crippen LogP contribution in [0.1, 0.15) is 36.8 Å². The molecule has 2 aromatic rings. The summed E-state index contributed by atoms with van der Waals surface area (Å²) in [5.74, 6) is 0.112. The molecule has 1 N–H and O–H groups in total. The van der Waals surface area contributed by atoms with Gasteiger partial charge in [0.2, 0.25) is 11.8 Å². The lowest BCUT2D eigenvalue weighted by atomic mass is 10.00. The zero-order valence-corrected chi connectivity index (χ0v) is 15.2. The van der Waals surface area contributed by atoms with Gasteiger partial charge >= 0.3 is 0 Å². The third-order valence-electron chi connectivity index (χ3n) is 5.23. The molecule has 1 aliphatic carbocycles. The average molecular weight is 366 g/mol.